The van der Waals surface area contributed by atoms with Gasteiger partial charge in [-0.15, -0.1) is 0 Å². The molecule has 4 N–H and O–H groups in total. The fourth-order valence-electron chi connectivity index (χ4n) is 5.48. The molecular weight excluding hydrogens is 475 g/mol. The molecule has 0 spiro atoms. The second kappa shape index (κ2) is 15.6. The van der Waals surface area contributed by atoms with Crippen molar-refractivity contribution in [2.45, 2.75) is 77.3 Å². The first-order valence-corrected chi connectivity index (χ1v) is 14.7. The van der Waals surface area contributed by atoms with E-state index in [0.717, 1.165) is 41.0 Å². The molecule has 1 fully saturated rings. The van der Waals surface area contributed by atoms with Gasteiger partial charge in [0.1, 0.15) is 6.04 Å². The zero-order chi connectivity index (χ0) is 26.1. The number of carboxylic acids is 1. The monoisotopic (exact) mass is 518 g/mol. The first kappa shape index (κ1) is 31.5. The molecule has 1 aliphatic rings. The van der Waals surface area contributed by atoms with Crippen molar-refractivity contribution >= 4 is 42.5 Å². The van der Waals surface area contributed by atoms with Crippen molar-refractivity contribution < 1.29 is 14.7 Å². The average Bonchev–Trinajstić information content (AvgIpc) is 2.89. The zero-order valence-electron chi connectivity index (χ0n) is 22.0. The Balaban J connectivity index is 0.00000481. The van der Waals surface area contributed by atoms with Crippen LogP contribution in [0, 0.1) is 18.8 Å². The molecule has 0 aromatic heterocycles. The topological polar surface area (TPSA) is 92.4 Å². The fourth-order valence-corrected chi connectivity index (χ4v) is 5.96. The van der Waals surface area contributed by atoms with E-state index in [2.05, 4.69) is 18.3 Å². The number of hydrogen-bond acceptors (Lipinski definition) is 4. The van der Waals surface area contributed by atoms with Gasteiger partial charge in [0, 0.05) is 11.6 Å². The van der Waals surface area contributed by atoms with Crippen molar-refractivity contribution in [3.8, 4) is 11.1 Å². The number of amides is 1. The predicted molar refractivity (Wildman–Crippen MR) is 158 cm³/mol. The quantitative estimate of drug-likeness (QED) is 0.302. The Kier molecular flexibility index (Phi) is 13.3. The van der Waals surface area contributed by atoms with Crippen molar-refractivity contribution in [1.82, 2.24) is 5.32 Å². The summed E-state index contributed by atoms with van der Waals surface area (Å²) in [5, 5.41) is 12.4. The summed E-state index contributed by atoms with van der Waals surface area (Å²) in [7, 11) is 0. The standard InChI is InChI=1S/C30H42N2O3S.Li.H/c1-4-22(18-21-11-6-5-7-12-21)28(31)23-14-15-25(26(19-23)24-13-9-8-10-20(24)2)29(33)32-27(30(34)35)16-17-36-3;;/h8-10,13-15,19,21-22,27-28H,4-7,11-12,16-18,31H2,1-3H3,(H,32,33)(H,34,35);;. The molecule has 1 amide bonds. The number of aliphatic carboxylic acids is 1. The Hall–Kier alpha value is -1.71. The molecule has 7 heteroatoms. The molecule has 0 saturated heterocycles. The number of carbonyl (C=O) groups excluding carboxylic acids is 1. The van der Waals surface area contributed by atoms with Crippen molar-refractivity contribution in [3.63, 3.8) is 0 Å². The normalized spacial score (nSPS) is 16.3. The Morgan fingerprint density at radius 3 is 2.43 bits per heavy atom. The van der Waals surface area contributed by atoms with Crippen LogP contribution in [-0.2, 0) is 4.79 Å². The predicted octanol–water partition coefficient (Wildman–Crippen LogP) is 5.95. The van der Waals surface area contributed by atoms with Gasteiger partial charge in [0.2, 0.25) is 0 Å². The molecule has 0 aliphatic heterocycles. The second-order valence-electron chi connectivity index (χ2n) is 10.2. The Morgan fingerprint density at radius 1 is 1.11 bits per heavy atom. The zero-order valence-corrected chi connectivity index (χ0v) is 22.8. The summed E-state index contributed by atoms with van der Waals surface area (Å²) in [5.41, 5.74) is 11.2. The molecule has 0 bridgehead atoms. The van der Waals surface area contributed by atoms with E-state index < -0.39 is 12.0 Å². The summed E-state index contributed by atoms with van der Waals surface area (Å²) in [5.74, 6) is 0.429. The van der Waals surface area contributed by atoms with Crippen LogP contribution in [0.5, 0.6) is 0 Å². The van der Waals surface area contributed by atoms with Gasteiger partial charge in [-0.3, -0.25) is 4.79 Å². The van der Waals surface area contributed by atoms with E-state index >= 15 is 0 Å². The van der Waals surface area contributed by atoms with E-state index in [1.807, 2.05) is 49.6 Å². The van der Waals surface area contributed by atoms with Gasteiger partial charge in [-0.05, 0) is 78.0 Å². The van der Waals surface area contributed by atoms with Gasteiger partial charge < -0.3 is 16.2 Å². The Bertz CT molecular complexity index is 1030. The van der Waals surface area contributed by atoms with Crippen molar-refractivity contribution in [2.75, 3.05) is 12.0 Å². The first-order valence-electron chi connectivity index (χ1n) is 13.3. The average molecular weight is 519 g/mol. The SMILES string of the molecule is CCC(CC1CCCCC1)C(N)c1ccc(C(=O)NC(CCSC)C(=O)O)c(-c2ccccc2C)c1.[LiH]. The molecule has 1 aliphatic carbocycles. The van der Waals surface area contributed by atoms with Crippen LogP contribution in [0.3, 0.4) is 0 Å². The van der Waals surface area contributed by atoms with E-state index in [4.69, 9.17) is 5.73 Å². The minimum atomic E-state index is -1.01. The maximum atomic E-state index is 13.3. The van der Waals surface area contributed by atoms with Crippen LogP contribution in [0.4, 0.5) is 0 Å². The molecule has 2 aromatic carbocycles. The van der Waals surface area contributed by atoms with Gasteiger partial charge in [-0.2, -0.15) is 11.8 Å². The summed E-state index contributed by atoms with van der Waals surface area (Å²) in [6.07, 6.45) is 11.1. The number of hydrogen-bond donors (Lipinski definition) is 3. The van der Waals surface area contributed by atoms with Crippen LogP contribution in [0.15, 0.2) is 42.5 Å². The molecule has 0 radical (unpaired) electrons. The second-order valence-corrected chi connectivity index (χ2v) is 11.2. The van der Waals surface area contributed by atoms with Crippen LogP contribution in [-0.4, -0.2) is 53.9 Å². The molecule has 198 valence electrons. The molecule has 2 aromatic rings. The number of nitrogens with two attached hydrogens (primary N) is 1. The van der Waals surface area contributed by atoms with Gasteiger partial charge in [-0.1, -0.05) is 75.8 Å². The summed E-state index contributed by atoms with van der Waals surface area (Å²) in [4.78, 5) is 25.1. The molecular formula is C30H43LiN2O3S. The van der Waals surface area contributed by atoms with Gasteiger partial charge >= 0.3 is 24.8 Å². The number of aryl methyl sites for hydroxylation is 1. The number of nitrogens with one attached hydrogen (secondary N) is 1. The van der Waals surface area contributed by atoms with Crippen molar-refractivity contribution in [2.24, 2.45) is 17.6 Å². The summed E-state index contributed by atoms with van der Waals surface area (Å²) < 4.78 is 0. The molecule has 3 rings (SSSR count). The van der Waals surface area contributed by atoms with Crippen LogP contribution in [0.25, 0.3) is 11.1 Å². The Morgan fingerprint density at radius 2 is 1.81 bits per heavy atom. The third-order valence-electron chi connectivity index (χ3n) is 7.72. The maximum absolute atomic E-state index is 13.3. The van der Waals surface area contributed by atoms with E-state index in [0.29, 0.717) is 23.7 Å². The van der Waals surface area contributed by atoms with Crippen molar-refractivity contribution in [1.29, 1.82) is 0 Å². The van der Waals surface area contributed by atoms with Gasteiger partial charge in [-0.25, -0.2) is 4.79 Å². The number of benzene rings is 2. The summed E-state index contributed by atoms with van der Waals surface area (Å²) >= 11 is 1.57. The number of carbonyl (C=O) groups is 2. The van der Waals surface area contributed by atoms with E-state index in [1.54, 1.807) is 11.8 Å². The number of rotatable bonds is 12. The Labute approximate surface area is 238 Å². The van der Waals surface area contributed by atoms with Crippen LogP contribution >= 0.6 is 11.8 Å². The molecule has 3 unspecified atom stereocenters. The van der Waals surface area contributed by atoms with E-state index in [9.17, 15) is 14.7 Å². The first-order chi connectivity index (χ1) is 17.3. The van der Waals surface area contributed by atoms with Crippen LogP contribution < -0.4 is 11.1 Å². The van der Waals surface area contributed by atoms with E-state index in [1.165, 1.54) is 32.1 Å². The molecule has 3 atom stereocenters. The van der Waals surface area contributed by atoms with E-state index in [-0.39, 0.29) is 30.8 Å². The minimum absolute atomic E-state index is 0. The molecule has 0 heterocycles. The van der Waals surface area contributed by atoms with Crippen molar-refractivity contribution in [3.05, 3.63) is 59.2 Å². The third kappa shape index (κ3) is 8.65. The van der Waals surface area contributed by atoms with Gasteiger partial charge in [0.05, 0.1) is 0 Å². The molecule has 5 nitrogen and oxygen atoms in total. The third-order valence-corrected chi connectivity index (χ3v) is 8.36. The van der Waals surface area contributed by atoms with Crippen LogP contribution in [0.2, 0.25) is 0 Å². The van der Waals surface area contributed by atoms with Crippen LogP contribution in [0.1, 0.15) is 85.8 Å². The summed E-state index contributed by atoms with van der Waals surface area (Å²) in [6.45, 7) is 4.25. The van der Waals surface area contributed by atoms with Gasteiger partial charge in [0.25, 0.3) is 5.91 Å². The number of carboxylic acid groups (broad SMARTS) is 1. The molecule has 1 saturated carbocycles. The number of thioether (sulfide) groups is 1. The van der Waals surface area contributed by atoms with Gasteiger partial charge in [0.15, 0.2) is 0 Å². The fraction of sp³-hybridized carbons (Fsp3) is 0.533. The molecule has 37 heavy (non-hydrogen) atoms. The summed E-state index contributed by atoms with van der Waals surface area (Å²) in [6, 6.07) is 12.8.